The molecule has 0 bridgehead atoms. The molecule has 1 aliphatic rings. The van der Waals surface area contributed by atoms with E-state index in [4.69, 9.17) is 8.83 Å². The van der Waals surface area contributed by atoms with E-state index >= 15 is 0 Å². The third kappa shape index (κ3) is 0.708. The van der Waals surface area contributed by atoms with E-state index in [1.807, 2.05) is 12.2 Å². The third-order valence-corrected chi connectivity index (χ3v) is 1.50. The van der Waals surface area contributed by atoms with E-state index < -0.39 is 5.82 Å². The number of hydrogen-bond acceptors (Lipinski definition) is 3. The standard InChI is InChI=1S/C7H6O3/c8-7-9-5-3-1-2-4-6(5)10-7/h1-2H,3-4H2. The summed E-state index contributed by atoms with van der Waals surface area (Å²) in [6.45, 7) is 0. The Hall–Kier alpha value is -1.25. The molecule has 0 N–H and O–H groups in total. The second kappa shape index (κ2) is 1.87. The van der Waals surface area contributed by atoms with Gasteiger partial charge in [-0.05, 0) is 0 Å². The number of fused-ring (bicyclic) bond motifs is 1. The minimum atomic E-state index is -0.589. The van der Waals surface area contributed by atoms with Crippen molar-refractivity contribution in [2.24, 2.45) is 0 Å². The maximum atomic E-state index is 10.5. The van der Waals surface area contributed by atoms with Gasteiger partial charge in [-0.25, -0.2) is 4.79 Å². The Morgan fingerprint density at radius 2 is 1.60 bits per heavy atom. The fraction of sp³-hybridized carbons (Fsp3) is 0.286. The van der Waals surface area contributed by atoms with Crippen molar-refractivity contribution < 1.29 is 8.83 Å². The molecule has 0 fully saturated rings. The Balaban J connectivity index is 2.56. The lowest BCUT2D eigenvalue weighted by Gasteiger charge is -1.96. The molecule has 0 saturated heterocycles. The van der Waals surface area contributed by atoms with Gasteiger partial charge in [0, 0.05) is 12.8 Å². The second-order valence-corrected chi connectivity index (χ2v) is 2.18. The molecule has 0 unspecified atom stereocenters. The molecular weight excluding hydrogens is 132 g/mol. The molecule has 0 saturated carbocycles. The average molecular weight is 138 g/mol. The van der Waals surface area contributed by atoms with Crippen LogP contribution in [-0.2, 0) is 12.8 Å². The first-order chi connectivity index (χ1) is 4.86. The fourth-order valence-electron chi connectivity index (χ4n) is 1.03. The molecule has 10 heavy (non-hydrogen) atoms. The van der Waals surface area contributed by atoms with E-state index in [0.29, 0.717) is 24.4 Å². The summed E-state index contributed by atoms with van der Waals surface area (Å²) in [5.74, 6) is 0.758. The topological polar surface area (TPSA) is 43.4 Å². The van der Waals surface area contributed by atoms with Gasteiger partial charge < -0.3 is 8.83 Å². The monoisotopic (exact) mass is 138 g/mol. The molecule has 1 heterocycles. The van der Waals surface area contributed by atoms with E-state index in [9.17, 15) is 4.79 Å². The van der Waals surface area contributed by atoms with Crippen LogP contribution in [-0.4, -0.2) is 0 Å². The minimum absolute atomic E-state index is 0.589. The zero-order valence-electron chi connectivity index (χ0n) is 5.29. The summed E-state index contributed by atoms with van der Waals surface area (Å²) >= 11 is 0. The Morgan fingerprint density at radius 1 is 1.10 bits per heavy atom. The molecule has 0 aromatic carbocycles. The first-order valence-corrected chi connectivity index (χ1v) is 3.13. The van der Waals surface area contributed by atoms with Crippen molar-refractivity contribution in [1.29, 1.82) is 0 Å². The van der Waals surface area contributed by atoms with E-state index in [-0.39, 0.29) is 0 Å². The predicted octanol–water partition coefficient (Wildman–Crippen LogP) is 0.888. The van der Waals surface area contributed by atoms with Gasteiger partial charge in [0.15, 0.2) is 11.5 Å². The molecule has 52 valence electrons. The van der Waals surface area contributed by atoms with Crippen molar-refractivity contribution in [2.75, 3.05) is 0 Å². The summed E-state index contributed by atoms with van der Waals surface area (Å²) in [6, 6.07) is 0. The van der Waals surface area contributed by atoms with Crippen LogP contribution in [0, 0.1) is 0 Å². The zero-order chi connectivity index (χ0) is 6.97. The molecular formula is C7H6O3. The van der Waals surface area contributed by atoms with Crippen LogP contribution >= 0.6 is 0 Å². The fourth-order valence-corrected chi connectivity index (χ4v) is 1.03. The van der Waals surface area contributed by atoms with Gasteiger partial charge in [-0.1, -0.05) is 12.2 Å². The van der Waals surface area contributed by atoms with E-state index in [2.05, 4.69) is 0 Å². The van der Waals surface area contributed by atoms with Crippen LogP contribution in [0.2, 0.25) is 0 Å². The van der Waals surface area contributed by atoms with Crippen LogP contribution in [0.3, 0.4) is 0 Å². The predicted molar refractivity (Wildman–Crippen MR) is 33.8 cm³/mol. The van der Waals surface area contributed by atoms with Crippen molar-refractivity contribution in [3.05, 3.63) is 34.3 Å². The van der Waals surface area contributed by atoms with Crippen molar-refractivity contribution >= 4 is 0 Å². The van der Waals surface area contributed by atoms with Gasteiger partial charge in [0.05, 0.1) is 0 Å². The Kier molecular flexibility index (Phi) is 1.03. The van der Waals surface area contributed by atoms with Gasteiger partial charge in [-0.2, -0.15) is 0 Å². The number of rotatable bonds is 0. The number of hydrogen-bond donors (Lipinski definition) is 0. The molecule has 1 aromatic heterocycles. The number of allylic oxidation sites excluding steroid dienone is 2. The summed E-state index contributed by atoms with van der Waals surface area (Å²) in [7, 11) is 0. The van der Waals surface area contributed by atoms with Gasteiger partial charge in [0.25, 0.3) is 0 Å². The lowest BCUT2D eigenvalue weighted by molar-refractivity contribution is 0.370. The quantitative estimate of drug-likeness (QED) is 0.500. The van der Waals surface area contributed by atoms with E-state index in [0.717, 1.165) is 0 Å². The Labute approximate surface area is 57.0 Å². The largest absolute Gasteiger partial charge is 0.519 e. The van der Waals surface area contributed by atoms with Crippen molar-refractivity contribution in [3.63, 3.8) is 0 Å². The van der Waals surface area contributed by atoms with Crippen molar-refractivity contribution in [3.8, 4) is 0 Å². The van der Waals surface area contributed by atoms with Crippen molar-refractivity contribution in [1.82, 2.24) is 0 Å². The molecule has 0 radical (unpaired) electrons. The van der Waals surface area contributed by atoms with Gasteiger partial charge in [0.2, 0.25) is 0 Å². The maximum absolute atomic E-state index is 10.5. The Morgan fingerprint density at radius 3 is 2.10 bits per heavy atom. The molecule has 1 aliphatic carbocycles. The minimum Gasteiger partial charge on any atom is -0.395 e. The molecule has 0 aliphatic heterocycles. The van der Waals surface area contributed by atoms with E-state index in [1.165, 1.54) is 0 Å². The summed E-state index contributed by atoms with van der Waals surface area (Å²) in [5.41, 5.74) is 0. The summed E-state index contributed by atoms with van der Waals surface area (Å²) in [6.07, 6.45) is 5.28. The van der Waals surface area contributed by atoms with Gasteiger partial charge in [-0.3, -0.25) is 0 Å². The second-order valence-electron chi connectivity index (χ2n) is 2.18. The molecule has 2 rings (SSSR count). The maximum Gasteiger partial charge on any atom is 0.519 e. The molecule has 0 spiro atoms. The first-order valence-electron chi connectivity index (χ1n) is 3.13. The van der Waals surface area contributed by atoms with Crippen LogP contribution in [0.4, 0.5) is 0 Å². The highest BCUT2D eigenvalue weighted by atomic mass is 16.6. The highest BCUT2D eigenvalue weighted by Gasteiger charge is 2.12. The van der Waals surface area contributed by atoms with Crippen LogP contribution in [0.1, 0.15) is 11.5 Å². The Bertz CT molecular complexity index is 287. The molecule has 1 aromatic rings. The lowest BCUT2D eigenvalue weighted by Crippen LogP contribution is -1.90. The SMILES string of the molecule is O=c1oc2c(o1)CC=CC2. The smallest absolute Gasteiger partial charge is 0.395 e. The summed E-state index contributed by atoms with van der Waals surface area (Å²) in [4.78, 5) is 10.5. The zero-order valence-corrected chi connectivity index (χ0v) is 5.29. The molecule has 3 heteroatoms. The summed E-state index contributed by atoms with van der Waals surface area (Å²) < 4.78 is 9.46. The van der Waals surface area contributed by atoms with Crippen LogP contribution in [0.25, 0.3) is 0 Å². The normalized spacial score (nSPS) is 15.2. The highest BCUT2D eigenvalue weighted by molar-refractivity contribution is 5.16. The lowest BCUT2D eigenvalue weighted by atomic mass is 10.1. The highest BCUT2D eigenvalue weighted by Crippen LogP contribution is 2.13. The molecule has 3 nitrogen and oxygen atoms in total. The van der Waals surface area contributed by atoms with E-state index in [1.54, 1.807) is 0 Å². The van der Waals surface area contributed by atoms with Gasteiger partial charge in [0.1, 0.15) is 0 Å². The van der Waals surface area contributed by atoms with Crippen molar-refractivity contribution in [2.45, 2.75) is 12.8 Å². The summed E-state index contributed by atoms with van der Waals surface area (Å²) in [5, 5.41) is 0. The van der Waals surface area contributed by atoms with Gasteiger partial charge >= 0.3 is 5.82 Å². The van der Waals surface area contributed by atoms with Crippen LogP contribution in [0.15, 0.2) is 25.8 Å². The average Bonchev–Trinajstić information content (AvgIpc) is 2.27. The van der Waals surface area contributed by atoms with Crippen LogP contribution in [0.5, 0.6) is 0 Å². The molecule has 0 amide bonds. The van der Waals surface area contributed by atoms with Gasteiger partial charge in [-0.15, -0.1) is 0 Å². The first kappa shape index (κ1) is 5.53. The van der Waals surface area contributed by atoms with Crippen LogP contribution < -0.4 is 5.82 Å². The molecule has 0 atom stereocenters. The third-order valence-electron chi connectivity index (χ3n) is 1.50.